The number of allylic oxidation sites excluding steroid dienone is 1. The van der Waals surface area contributed by atoms with E-state index in [4.69, 9.17) is 16.3 Å². The van der Waals surface area contributed by atoms with Gasteiger partial charge < -0.3 is 4.74 Å². The van der Waals surface area contributed by atoms with Gasteiger partial charge in [0, 0.05) is 16.0 Å². The molecule has 24 heavy (non-hydrogen) atoms. The molecule has 3 rings (SSSR count). The fraction of sp³-hybridized carbons (Fsp3) is 0.0526. The molecular weight excluding hydrogens is 340 g/mol. The molecule has 0 aliphatic rings. The average Bonchev–Trinajstić information content (AvgIpc) is 3.11. The molecule has 3 nitrogen and oxygen atoms in total. The molecule has 0 radical (unpaired) electrons. The number of para-hydroxylation sites is 1. The van der Waals surface area contributed by atoms with Gasteiger partial charge in [0.05, 0.1) is 18.4 Å². The van der Waals surface area contributed by atoms with E-state index >= 15 is 0 Å². The first kappa shape index (κ1) is 16.3. The summed E-state index contributed by atoms with van der Waals surface area (Å²) in [7, 11) is 1.63. The molecule has 0 atom stereocenters. The zero-order valence-electron chi connectivity index (χ0n) is 12.9. The Kier molecular flexibility index (Phi) is 4.95. The van der Waals surface area contributed by atoms with E-state index in [0.717, 1.165) is 22.6 Å². The molecule has 0 saturated heterocycles. The molecule has 1 heterocycles. The highest BCUT2D eigenvalue weighted by Gasteiger charge is 2.12. The number of nitriles is 1. The lowest BCUT2D eigenvalue weighted by Gasteiger charge is -2.04. The van der Waals surface area contributed by atoms with E-state index in [1.807, 2.05) is 41.8 Å². The van der Waals surface area contributed by atoms with Crippen molar-refractivity contribution in [2.75, 3.05) is 7.11 Å². The van der Waals surface area contributed by atoms with E-state index in [0.29, 0.717) is 15.6 Å². The third-order valence-corrected chi connectivity index (χ3v) is 4.55. The van der Waals surface area contributed by atoms with Crippen molar-refractivity contribution in [3.8, 4) is 23.1 Å². The molecule has 118 valence electrons. The second kappa shape index (κ2) is 7.31. The van der Waals surface area contributed by atoms with Crippen LogP contribution in [0.3, 0.4) is 0 Å². The zero-order valence-corrected chi connectivity index (χ0v) is 14.4. The van der Waals surface area contributed by atoms with Crippen LogP contribution in [0, 0.1) is 11.3 Å². The van der Waals surface area contributed by atoms with Gasteiger partial charge in [-0.15, -0.1) is 11.3 Å². The van der Waals surface area contributed by atoms with Crippen LogP contribution >= 0.6 is 22.9 Å². The van der Waals surface area contributed by atoms with Crippen molar-refractivity contribution in [2.24, 2.45) is 0 Å². The first-order valence-corrected chi connectivity index (χ1v) is 8.43. The van der Waals surface area contributed by atoms with Gasteiger partial charge in [0.15, 0.2) is 0 Å². The van der Waals surface area contributed by atoms with Crippen molar-refractivity contribution in [3.05, 3.63) is 69.5 Å². The molecule has 0 aliphatic heterocycles. The second-order valence-electron chi connectivity index (χ2n) is 4.96. The van der Waals surface area contributed by atoms with Gasteiger partial charge in [-0.3, -0.25) is 0 Å². The number of rotatable bonds is 4. The highest BCUT2D eigenvalue weighted by Crippen LogP contribution is 2.32. The Bertz CT molecular complexity index is 923. The van der Waals surface area contributed by atoms with Gasteiger partial charge in [-0.2, -0.15) is 5.26 Å². The number of methoxy groups -OCH3 is 1. The van der Waals surface area contributed by atoms with Crippen LogP contribution < -0.4 is 4.74 Å². The number of benzene rings is 2. The van der Waals surface area contributed by atoms with Gasteiger partial charge in [-0.05, 0) is 35.9 Å². The summed E-state index contributed by atoms with van der Waals surface area (Å²) in [6, 6.07) is 17.2. The third-order valence-electron chi connectivity index (χ3n) is 3.42. The van der Waals surface area contributed by atoms with Crippen LogP contribution in [0.2, 0.25) is 5.02 Å². The monoisotopic (exact) mass is 352 g/mol. The molecule has 0 spiro atoms. The number of nitrogens with zero attached hydrogens (tertiary/aromatic N) is 2. The maximum atomic E-state index is 9.47. The van der Waals surface area contributed by atoms with E-state index < -0.39 is 0 Å². The molecule has 0 amide bonds. The predicted octanol–water partition coefficient (Wildman–Crippen LogP) is 5.54. The Morgan fingerprint density at radius 3 is 2.67 bits per heavy atom. The molecule has 0 saturated carbocycles. The van der Waals surface area contributed by atoms with Crippen LogP contribution in [0.15, 0.2) is 53.9 Å². The molecule has 2 aromatic carbocycles. The van der Waals surface area contributed by atoms with Crippen LogP contribution in [0.1, 0.15) is 10.6 Å². The summed E-state index contributed by atoms with van der Waals surface area (Å²) < 4.78 is 5.38. The minimum Gasteiger partial charge on any atom is -0.496 e. The summed E-state index contributed by atoms with van der Waals surface area (Å²) in [5.41, 5.74) is 3.13. The third kappa shape index (κ3) is 3.48. The highest BCUT2D eigenvalue weighted by atomic mass is 35.5. The van der Waals surface area contributed by atoms with Crippen molar-refractivity contribution in [1.82, 2.24) is 4.98 Å². The lowest BCUT2D eigenvalue weighted by Crippen LogP contribution is -1.88. The van der Waals surface area contributed by atoms with E-state index in [2.05, 4.69) is 11.1 Å². The molecule has 0 bridgehead atoms. The summed E-state index contributed by atoms with van der Waals surface area (Å²) in [6.07, 6.45) is 1.81. The Balaban J connectivity index is 1.96. The van der Waals surface area contributed by atoms with Gasteiger partial charge in [-0.1, -0.05) is 35.9 Å². The summed E-state index contributed by atoms with van der Waals surface area (Å²) >= 11 is 7.33. The molecular formula is C19H13ClN2OS. The number of hydrogen-bond donors (Lipinski definition) is 0. The smallest absolute Gasteiger partial charge is 0.134 e. The highest BCUT2D eigenvalue weighted by molar-refractivity contribution is 7.11. The second-order valence-corrected chi connectivity index (χ2v) is 6.25. The molecule has 1 aromatic heterocycles. The SMILES string of the molecule is COc1ccccc1-c1csc(/C(C#N)=C/c2ccc(Cl)cc2)n1. The quantitative estimate of drug-likeness (QED) is 0.579. The summed E-state index contributed by atoms with van der Waals surface area (Å²) in [5, 5.41) is 12.7. The molecule has 5 heteroatoms. The topological polar surface area (TPSA) is 45.9 Å². The maximum Gasteiger partial charge on any atom is 0.134 e. The number of aromatic nitrogens is 1. The normalized spacial score (nSPS) is 11.1. The Morgan fingerprint density at radius 1 is 1.21 bits per heavy atom. The van der Waals surface area contributed by atoms with E-state index in [-0.39, 0.29) is 0 Å². The van der Waals surface area contributed by atoms with Gasteiger partial charge in [0.25, 0.3) is 0 Å². The molecule has 0 N–H and O–H groups in total. The largest absolute Gasteiger partial charge is 0.496 e. The molecule has 3 aromatic rings. The van der Waals surface area contributed by atoms with Gasteiger partial charge in [0.1, 0.15) is 16.8 Å². The van der Waals surface area contributed by atoms with Crippen LogP contribution in [0.25, 0.3) is 22.9 Å². The summed E-state index contributed by atoms with van der Waals surface area (Å²) in [6.45, 7) is 0. The zero-order chi connectivity index (χ0) is 16.9. The van der Waals surface area contributed by atoms with E-state index in [1.165, 1.54) is 11.3 Å². The van der Waals surface area contributed by atoms with Gasteiger partial charge >= 0.3 is 0 Å². The van der Waals surface area contributed by atoms with Crippen LogP contribution in [-0.4, -0.2) is 12.1 Å². The first-order chi connectivity index (χ1) is 11.7. The van der Waals surface area contributed by atoms with E-state index in [9.17, 15) is 5.26 Å². The number of hydrogen-bond acceptors (Lipinski definition) is 4. The van der Waals surface area contributed by atoms with Crippen molar-refractivity contribution in [2.45, 2.75) is 0 Å². The van der Waals surface area contributed by atoms with Crippen molar-refractivity contribution in [1.29, 1.82) is 5.26 Å². The molecule has 0 unspecified atom stereocenters. The van der Waals surface area contributed by atoms with Crippen LogP contribution in [0.4, 0.5) is 0 Å². The first-order valence-electron chi connectivity index (χ1n) is 7.18. The summed E-state index contributed by atoms with van der Waals surface area (Å²) in [5.74, 6) is 0.759. The minimum absolute atomic E-state index is 0.517. The summed E-state index contributed by atoms with van der Waals surface area (Å²) in [4.78, 5) is 4.60. The fourth-order valence-electron chi connectivity index (χ4n) is 2.24. The Morgan fingerprint density at radius 2 is 1.96 bits per heavy atom. The standard InChI is InChI=1S/C19H13ClN2OS/c1-23-18-5-3-2-4-16(18)17-12-24-19(22-17)14(11-21)10-13-6-8-15(20)9-7-13/h2-10,12H,1H3/b14-10+. The Labute approximate surface area is 149 Å². The van der Waals surface area contributed by atoms with Crippen molar-refractivity contribution in [3.63, 3.8) is 0 Å². The lowest BCUT2D eigenvalue weighted by molar-refractivity contribution is 0.416. The fourth-order valence-corrected chi connectivity index (χ4v) is 3.16. The number of halogens is 1. The maximum absolute atomic E-state index is 9.47. The number of thiazole rings is 1. The van der Waals surface area contributed by atoms with Crippen LogP contribution in [-0.2, 0) is 0 Å². The average molecular weight is 353 g/mol. The number of ether oxygens (including phenoxy) is 1. The molecule has 0 fully saturated rings. The van der Waals surface area contributed by atoms with E-state index in [1.54, 1.807) is 25.3 Å². The minimum atomic E-state index is 0.517. The van der Waals surface area contributed by atoms with Gasteiger partial charge in [0.2, 0.25) is 0 Å². The van der Waals surface area contributed by atoms with Gasteiger partial charge in [-0.25, -0.2) is 4.98 Å². The molecule has 0 aliphatic carbocycles. The predicted molar refractivity (Wildman–Crippen MR) is 99.0 cm³/mol. The Hall–Kier alpha value is -2.61. The van der Waals surface area contributed by atoms with Crippen LogP contribution in [0.5, 0.6) is 5.75 Å². The lowest BCUT2D eigenvalue weighted by atomic mass is 10.1. The van der Waals surface area contributed by atoms with Crippen molar-refractivity contribution < 1.29 is 4.74 Å². The van der Waals surface area contributed by atoms with Crippen molar-refractivity contribution >= 4 is 34.6 Å².